The minimum atomic E-state index is -5.49. The van der Waals surface area contributed by atoms with Crippen LogP contribution in [0.5, 0.6) is 0 Å². The number of unbranched alkanes of at least 4 members (excludes halogenated alkanes) is 8. The van der Waals surface area contributed by atoms with Gasteiger partial charge in [0.15, 0.2) is 12.3 Å². The van der Waals surface area contributed by atoms with Crippen LogP contribution in [0.15, 0.2) is 126 Å². The average molecular weight is 1110 g/mol. The van der Waals surface area contributed by atoms with E-state index in [1.807, 2.05) is 49.5 Å². The van der Waals surface area contributed by atoms with Gasteiger partial charge in [0.25, 0.3) is 0 Å². The highest BCUT2D eigenvalue weighted by Crippen LogP contribution is 2.60. The zero-order valence-corrected chi connectivity index (χ0v) is 45.8. The molecule has 1 aliphatic rings. The van der Waals surface area contributed by atoms with E-state index in [9.17, 15) is 53.7 Å². The Morgan fingerprint density at radius 3 is 2.01 bits per heavy atom. The Labute approximate surface area is 447 Å². The highest BCUT2D eigenvalue weighted by atomic mass is 31.3. The molecule has 0 radical (unpaired) electrons. The Balaban J connectivity index is 1.89. The number of esters is 2. The fourth-order valence-electron chi connectivity index (χ4n) is 6.95. The lowest BCUT2D eigenvalue weighted by Crippen LogP contribution is -2.36. The van der Waals surface area contributed by atoms with E-state index in [-0.39, 0.29) is 25.1 Å². The Bertz CT molecular complexity index is 2240. The molecule has 0 saturated carbocycles. The Kier molecular flexibility index (Phi) is 36.0. The Morgan fingerprint density at radius 1 is 0.724 bits per heavy atom. The highest BCUT2D eigenvalue weighted by molar-refractivity contribution is 7.61. The number of carbonyl (C=O) groups excluding carboxylic acids is 2. The summed E-state index contributed by atoms with van der Waals surface area (Å²) in [6, 6.07) is 1.23. The molecular weight excluding hydrogens is 1020 g/mol. The molecule has 0 bridgehead atoms. The number of nitrogen functional groups attached to an aromatic ring is 1. The number of nitrogens with two attached hydrogens (primary N) is 1. The average Bonchev–Trinajstić information content (AvgIpc) is 3.65. The third kappa shape index (κ3) is 32.8. The maximum atomic E-state index is 12.9. The SMILES string of the molecule is CC/C=C\C[C@H](O)/C=C/C=C\C/C=C\C=C\[C@H](O)/C=C\CCCC(=O)O[C@H](COC(=O)CCC/C=C\C/C=C\C/C=C\CCCCCCCC)COP(=O)(O)OP(=O)(O)OC[C@H]1O[C@@H](n2ccc(N)nc2=O)[C@H](O)[C@@H]1O. The molecule has 0 spiro atoms. The van der Waals surface area contributed by atoms with Crippen molar-refractivity contribution in [3.05, 3.63) is 132 Å². The molecule has 22 heteroatoms. The molecule has 1 aliphatic heterocycles. The van der Waals surface area contributed by atoms with E-state index in [4.69, 9.17) is 29.0 Å². The lowest BCUT2D eigenvalue weighted by molar-refractivity contribution is -0.161. The van der Waals surface area contributed by atoms with Crippen molar-refractivity contribution < 1.29 is 76.5 Å². The zero-order valence-electron chi connectivity index (χ0n) is 44.0. The third-order valence-electron chi connectivity index (χ3n) is 11.0. The van der Waals surface area contributed by atoms with Gasteiger partial charge >= 0.3 is 33.3 Å². The first kappa shape index (κ1) is 67.4. The van der Waals surface area contributed by atoms with E-state index in [0.717, 1.165) is 36.4 Å². The second-order valence-electron chi connectivity index (χ2n) is 17.7. The van der Waals surface area contributed by atoms with Crippen molar-refractivity contribution in [2.75, 3.05) is 25.6 Å². The van der Waals surface area contributed by atoms with E-state index in [2.05, 4.69) is 40.5 Å². The number of aliphatic hydroxyl groups excluding tert-OH is 4. The van der Waals surface area contributed by atoms with Crippen LogP contribution < -0.4 is 11.4 Å². The minimum Gasteiger partial charge on any atom is -0.462 e. The fourth-order valence-corrected chi connectivity index (χ4v) is 9.06. The predicted molar refractivity (Wildman–Crippen MR) is 291 cm³/mol. The molecule has 20 nitrogen and oxygen atoms in total. The molecule has 76 heavy (non-hydrogen) atoms. The van der Waals surface area contributed by atoms with Gasteiger partial charge in [-0.05, 0) is 76.7 Å². The molecule has 0 aromatic carbocycles. The van der Waals surface area contributed by atoms with Crippen LogP contribution in [-0.2, 0) is 46.3 Å². The summed E-state index contributed by atoms with van der Waals surface area (Å²) in [7, 11) is -11.0. The van der Waals surface area contributed by atoms with E-state index in [0.29, 0.717) is 32.1 Å². The molecule has 1 saturated heterocycles. The number of phosphoric ester groups is 2. The lowest BCUT2D eigenvalue weighted by Gasteiger charge is -2.21. The summed E-state index contributed by atoms with van der Waals surface area (Å²) in [4.78, 5) is 61.9. The molecule has 1 fully saturated rings. The van der Waals surface area contributed by atoms with E-state index in [1.165, 1.54) is 50.7 Å². The van der Waals surface area contributed by atoms with Gasteiger partial charge in [-0.1, -0.05) is 155 Å². The van der Waals surface area contributed by atoms with Crippen molar-refractivity contribution in [3.8, 4) is 0 Å². The van der Waals surface area contributed by atoms with Crippen molar-refractivity contribution in [1.29, 1.82) is 0 Å². The molecule has 9 atom stereocenters. The Morgan fingerprint density at radius 2 is 1.33 bits per heavy atom. The molecule has 8 N–H and O–H groups in total. The minimum absolute atomic E-state index is 0.00555. The van der Waals surface area contributed by atoms with Crippen molar-refractivity contribution in [1.82, 2.24) is 9.55 Å². The molecule has 0 aliphatic carbocycles. The number of hydrogen-bond acceptors (Lipinski definition) is 17. The van der Waals surface area contributed by atoms with Gasteiger partial charge in [-0.25, -0.2) is 13.9 Å². The van der Waals surface area contributed by atoms with Gasteiger partial charge in [0.05, 0.1) is 25.4 Å². The molecule has 2 rings (SSSR count). The van der Waals surface area contributed by atoms with Crippen LogP contribution in [0.25, 0.3) is 0 Å². The number of ether oxygens (including phenoxy) is 3. The highest BCUT2D eigenvalue weighted by Gasteiger charge is 2.46. The number of anilines is 1. The van der Waals surface area contributed by atoms with Crippen LogP contribution in [0.3, 0.4) is 0 Å². The molecule has 426 valence electrons. The van der Waals surface area contributed by atoms with Gasteiger partial charge in [0, 0.05) is 19.0 Å². The fraction of sp³-hybridized carbons (Fsp3) is 0.556. The van der Waals surface area contributed by atoms with Crippen LogP contribution in [0.1, 0.15) is 136 Å². The van der Waals surface area contributed by atoms with Gasteiger partial charge in [0.1, 0.15) is 30.7 Å². The monoisotopic (exact) mass is 1110 g/mol. The number of rotatable bonds is 41. The van der Waals surface area contributed by atoms with Gasteiger partial charge in [-0.15, -0.1) is 0 Å². The maximum Gasteiger partial charge on any atom is 0.481 e. The molecule has 1 aromatic rings. The van der Waals surface area contributed by atoms with Crippen molar-refractivity contribution in [2.24, 2.45) is 0 Å². The van der Waals surface area contributed by atoms with E-state index in [1.54, 1.807) is 36.5 Å². The third-order valence-corrected chi connectivity index (χ3v) is 13.6. The van der Waals surface area contributed by atoms with Crippen LogP contribution >= 0.6 is 15.6 Å². The van der Waals surface area contributed by atoms with Crippen LogP contribution in [0.2, 0.25) is 0 Å². The summed E-state index contributed by atoms with van der Waals surface area (Å²) in [5.41, 5.74) is 4.56. The number of hydrogen-bond donors (Lipinski definition) is 7. The normalized spacial score (nSPS) is 20.4. The van der Waals surface area contributed by atoms with Crippen LogP contribution in [0.4, 0.5) is 5.82 Å². The van der Waals surface area contributed by atoms with Crippen molar-refractivity contribution in [2.45, 2.75) is 172 Å². The van der Waals surface area contributed by atoms with Gasteiger partial charge in [0.2, 0.25) is 0 Å². The first-order valence-electron chi connectivity index (χ1n) is 26.1. The number of aliphatic hydroxyl groups is 4. The number of phosphoric acid groups is 2. The first-order valence-corrected chi connectivity index (χ1v) is 29.1. The zero-order chi connectivity index (χ0) is 55.9. The lowest BCUT2D eigenvalue weighted by atomic mass is 10.1. The summed E-state index contributed by atoms with van der Waals surface area (Å²) in [5, 5.41) is 41.1. The van der Waals surface area contributed by atoms with Crippen LogP contribution in [-0.4, -0.2) is 108 Å². The second kappa shape index (κ2) is 40.5. The second-order valence-corrected chi connectivity index (χ2v) is 20.7. The van der Waals surface area contributed by atoms with E-state index < -0.39 is 95.9 Å². The number of allylic oxidation sites excluding steroid dienone is 14. The van der Waals surface area contributed by atoms with Gasteiger partial charge in [-0.2, -0.15) is 9.29 Å². The van der Waals surface area contributed by atoms with E-state index >= 15 is 0 Å². The van der Waals surface area contributed by atoms with Crippen molar-refractivity contribution in [3.63, 3.8) is 0 Å². The van der Waals surface area contributed by atoms with Gasteiger partial charge < -0.3 is 50.2 Å². The summed E-state index contributed by atoms with van der Waals surface area (Å²) < 4.78 is 56.6. The number of nitrogens with zero attached hydrogens (tertiary/aromatic N) is 2. The molecule has 2 heterocycles. The molecule has 1 aromatic heterocycles. The largest absolute Gasteiger partial charge is 0.481 e. The molecule has 0 amide bonds. The standard InChI is InChI=1S/C54H83N3O17P2/c1-3-5-7-8-9-10-11-12-13-14-15-16-17-18-22-25-31-37-49(60)69-41-46(72-50(61)38-32-26-30-36-45(59)35-29-24-21-19-20-23-28-34-44(58)33-27-6-4-2)42-70-75(65,66)74-76(67,68)71-43-47-51(62)52(63)53(73-47)57-40-39-48(55)56-54(57)64/h6,12-13,15-16,18,20-24,27-30,34-36,39-40,44-47,51-53,58-59,62-63H,3-5,7-11,14,17,19,25-26,31-33,37-38,41-43H2,1-2H3,(H,65,66)(H,67,68)(H2,55,56,64)/b13-12-,16-15-,22-18-,23-20-,24-21-,27-6-,34-28+,35-29+,36-30-/t44-,45-,46+,47+,51+,52+,53+/m0/s1. The first-order chi connectivity index (χ1) is 36.5. The maximum absolute atomic E-state index is 12.9. The van der Waals surface area contributed by atoms with Gasteiger partial charge in [-0.3, -0.25) is 23.2 Å². The van der Waals surface area contributed by atoms with Crippen molar-refractivity contribution >= 4 is 33.4 Å². The topological polar surface area (TPSA) is 306 Å². The molecular formula is C54H83N3O17P2. The smallest absolute Gasteiger partial charge is 0.462 e. The predicted octanol–water partition coefficient (Wildman–Crippen LogP) is 8.94. The molecule has 2 unspecified atom stereocenters. The quantitative estimate of drug-likeness (QED) is 0.0106. The Hall–Kier alpha value is -4.66. The number of carbonyl (C=O) groups is 2. The van der Waals surface area contributed by atoms with Crippen LogP contribution in [0, 0.1) is 0 Å². The number of aromatic nitrogens is 2. The summed E-state index contributed by atoms with van der Waals surface area (Å²) in [6.45, 7) is 1.71. The summed E-state index contributed by atoms with van der Waals surface area (Å²) >= 11 is 0. The summed E-state index contributed by atoms with van der Waals surface area (Å²) in [5.74, 6) is -1.57. The summed E-state index contributed by atoms with van der Waals surface area (Å²) in [6.07, 6.45) is 39.6.